The van der Waals surface area contributed by atoms with E-state index in [0.29, 0.717) is 32.5 Å². The van der Waals surface area contributed by atoms with Gasteiger partial charge in [-0.25, -0.2) is 9.59 Å². The molecule has 2 rings (SSSR count). The molecule has 2 heterocycles. The molecule has 0 bridgehead atoms. The second-order valence-electron chi connectivity index (χ2n) is 5.86. The van der Waals surface area contributed by atoms with Crippen LogP contribution in [0.15, 0.2) is 0 Å². The summed E-state index contributed by atoms with van der Waals surface area (Å²) in [5.41, 5.74) is -1.04. The normalized spacial score (nSPS) is 30.6. The second kappa shape index (κ2) is 5.99. The minimum absolute atomic E-state index is 0.0850. The van der Waals surface area contributed by atoms with Crippen molar-refractivity contribution in [3.8, 4) is 0 Å². The molecule has 2 fully saturated rings. The molecular formula is C14H24N2O4. The van der Waals surface area contributed by atoms with Crippen LogP contribution in [-0.4, -0.2) is 63.8 Å². The van der Waals surface area contributed by atoms with E-state index in [0.717, 1.165) is 19.3 Å². The van der Waals surface area contributed by atoms with E-state index in [2.05, 4.69) is 0 Å². The number of piperidine rings is 1. The summed E-state index contributed by atoms with van der Waals surface area (Å²) in [4.78, 5) is 27.5. The number of carbonyl (C=O) groups excluding carboxylic acids is 1. The van der Waals surface area contributed by atoms with Gasteiger partial charge in [-0.05, 0) is 38.0 Å². The first kappa shape index (κ1) is 15.1. The minimum Gasteiger partial charge on any atom is -0.479 e. The Morgan fingerprint density at radius 3 is 2.65 bits per heavy atom. The SMILES string of the molecule is CCC1(C(=O)O)CCCN1C(=O)N1CCCC(CO)C1. The number of rotatable bonds is 3. The molecule has 0 aromatic heterocycles. The third-order valence-corrected chi connectivity index (χ3v) is 4.75. The van der Waals surface area contributed by atoms with Gasteiger partial charge >= 0.3 is 12.0 Å². The zero-order chi connectivity index (χ0) is 14.8. The molecule has 0 aromatic carbocycles. The van der Waals surface area contributed by atoms with Gasteiger partial charge < -0.3 is 20.0 Å². The van der Waals surface area contributed by atoms with Crippen LogP contribution < -0.4 is 0 Å². The highest BCUT2D eigenvalue weighted by Crippen LogP contribution is 2.34. The van der Waals surface area contributed by atoms with Crippen LogP contribution in [0.1, 0.15) is 39.0 Å². The lowest BCUT2D eigenvalue weighted by molar-refractivity contribution is -0.148. The van der Waals surface area contributed by atoms with Gasteiger partial charge in [0.15, 0.2) is 0 Å². The van der Waals surface area contributed by atoms with E-state index in [1.54, 1.807) is 4.90 Å². The number of hydrogen-bond donors (Lipinski definition) is 2. The fourth-order valence-corrected chi connectivity index (χ4v) is 3.46. The van der Waals surface area contributed by atoms with E-state index in [1.165, 1.54) is 4.90 Å². The van der Waals surface area contributed by atoms with Crippen LogP contribution in [0.5, 0.6) is 0 Å². The highest BCUT2D eigenvalue weighted by Gasteiger charge is 2.49. The predicted octanol–water partition coefficient (Wildman–Crippen LogP) is 1.14. The molecule has 2 aliphatic rings. The number of aliphatic carboxylic acids is 1. The van der Waals surface area contributed by atoms with Crippen LogP contribution in [0.4, 0.5) is 4.79 Å². The van der Waals surface area contributed by atoms with E-state index in [4.69, 9.17) is 0 Å². The van der Waals surface area contributed by atoms with E-state index in [9.17, 15) is 19.8 Å². The van der Waals surface area contributed by atoms with Gasteiger partial charge in [0.1, 0.15) is 5.54 Å². The Morgan fingerprint density at radius 1 is 1.30 bits per heavy atom. The van der Waals surface area contributed by atoms with Crippen LogP contribution in [0.2, 0.25) is 0 Å². The Kier molecular flexibility index (Phi) is 4.52. The minimum atomic E-state index is -1.04. The van der Waals surface area contributed by atoms with Gasteiger partial charge in [-0.15, -0.1) is 0 Å². The summed E-state index contributed by atoms with van der Waals surface area (Å²) in [6.45, 7) is 3.61. The van der Waals surface area contributed by atoms with Gasteiger partial charge in [0, 0.05) is 26.2 Å². The van der Waals surface area contributed by atoms with Crippen LogP contribution in [-0.2, 0) is 4.79 Å². The molecular weight excluding hydrogens is 260 g/mol. The van der Waals surface area contributed by atoms with Gasteiger partial charge in [0.2, 0.25) is 0 Å². The lowest BCUT2D eigenvalue weighted by atomic mass is 9.93. The van der Waals surface area contributed by atoms with Crippen molar-refractivity contribution in [3.63, 3.8) is 0 Å². The summed E-state index contributed by atoms with van der Waals surface area (Å²) in [6, 6.07) is -0.176. The lowest BCUT2D eigenvalue weighted by Crippen LogP contribution is -2.57. The summed E-state index contributed by atoms with van der Waals surface area (Å²) < 4.78 is 0. The summed E-state index contributed by atoms with van der Waals surface area (Å²) in [7, 11) is 0. The molecule has 2 N–H and O–H groups in total. The molecule has 2 aliphatic heterocycles. The molecule has 0 aromatic rings. The van der Waals surface area contributed by atoms with Gasteiger partial charge in [-0.1, -0.05) is 6.92 Å². The molecule has 114 valence electrons. The van der Waals surface area contributed by atoms with Crippen molar-refractivity contribution < 1.29 is 19.8 Å². The Balaban J connectivity index is 2.13. The zero-order valence-corrected chi connectivity index (χ0v) is 12.0. The average Bonchev–Trinajstić information content (AvgIpc) is 2.91. The van der Waals surface area contributed by atoms with Gasteiger partial charge in [0.05, 0.1) is 0 Å². The van der Waals surface area contributed by atoms with Crippen molar-refractivity contribution in [1.29, 1.82) is 0 Å². The number of aliphatic hydroxyl groups excluding tert-OH is 1. The number of hydrogen-bond acceptors (Lipinski definition) is 3. The number of amides is 2. The summed E-state index contributed by atoms with van der Waals surface area (Å²) in [6.07, 6.45) is 3.51. The smallest absolute Gasteiger partial charge is 0.329 e. The summed E-state index contributed by atoms with van der Waals surface area (Å²) in [5.74, 6) is -0.780. The standard InChI is InChI=1S/C14H24N2O4/c1-2-14(12(18)19)6-4-8-16(14)13(20)15-7-3-5-11(9-15)10-17/h11,17H,2-10H2,1H3,(H,18,19). The predicted molar refractivity (Wildman–Crippen MR) is 73.4 cm³/mol. The highest BCUT2D eigenvalue weighted by atomic mass is 16.4. The Hall–Kier alpha value is -1.30. The molecule has 6 nitrogen and oxygen atoms in total. The van der Waals surface area contributed by atoms with E-state index < -0.39 is 11.5 Å². The molecule has 20 heavy (non-hydrogen) atoms. The number of urea groups is 1. The molecule has 0 spiro atoms. The first-order valence-electron chi connectivity index (χ1n) is 7.46. The average molecular weight is 284 g/mol. The van der Waals surface area contributed by atoms with Crippen LogP contribution >= 0.6 is 0 Å². The van der Waals surface area contributed by atoms with Crippen molar-refractivity contribution in [1.82, 2.24) is 9.80 Å². The number of carboxylic acids is 1. The molecule has 0 radical (unpaired) electrons. The first-order valence-corrected chi connectivity index (χ1v) is 7.46. The maximum absolute atomic E-state index is 12.6. The first-order chi connectivity index (χ1) is 9.55. The molecule has 2 saturated heterocycles. The molecule has 0 aliphatic carbocycles. The molecule has 0 saturated carbocycles. The number of aliphatic hydroxyl groups is 1. The zero-order valence-electron chi connectivity index (χ0n) is 12.0. The quantitative estimate of drug-likeness (QED) is 0.814. The largest absolute Gasteiger partial charge is 0.479 e. The maximum atomic E-state index is 12.6. The van der Waals surface area contributed by atoms with Crippen molar-refractivity contribution in [2.75, 3.05) is 26.2 Å². The number of carboxylic acid groups (broad SMARTS) is 1. The Labute approximate surface area is 119 Å². The monoisotopic (exact) mass is 284 g/mol. The van der Waals surface area contributed by atoms with Crippen molar-refractivity contribution >= 4 is 12.0 Å². The van der Waals surface area contributed by atoms with E-state index >= 15 is 0 Å². The van der Waals surface area contributed by atoms with Crippen molar-refractivity contribution in [2.24, 2.45) is 5.92 Å². The van der Waals surface area contributed by atoms with Gasteiger partial charge in [0.25, 0.3) is 0 Å². The Bertz CT molecular complexity index is 387. The van der Waals surface area contributed by atoms with E-state index in [1.807, 2.05) is 6.92 Å². The number of carbonyl (C=O) groups is 2. The van der Waals surface area contributed by atoms with Crippen LogP contribution in [0.3, 0.4) is 0 Å². The Morgan fingerprint density at radius 2 is 2.05 bits per heavy atom. The van der Waals surface area contributed by atoms with Crippen molar-refractivity contribution in [3.05, 3.63) is 0 Å². The van der Waals surface area contributed by atoms with Crippen molar-refractivity contribution in [2.45, 2.75) is 44.6 Å². The van der Waals surface area contributed by atoms with Gasteiger partial charge in [-0.3, -0.25) is 0 Å². The molecule has 2 unspecified atom stereocenters. The van der Waals surface area contributed by atoms with Crippen LogP contribution in [0, 0.1) is 5.92 Å². The topological polar surface area (TPSA) is 81.1 Å². The number of likely N-dealkylation sites (tertiary alicyclic amines) is 2. The van der Waals surface area contributed by atoms with E-state index in [-0.39, 0.29) is 18.6 Å². The molecule has 6 heteroatoms. The third-order valence-electron chi connectivity index (χ3n) is 4.75. The number of nitrogens with zero attached hydrogens (tertiary/aromatic N) is 2. The summed E-state index contributed by atoms with van der Waals surface area (Å²) in [5, 5.41) is 18.8. The highest BCUT2D eigenvalue weighted by molar-refractivity contribution is 5.87. The maximum Gasteiger partial charge on any atom is 0.329 e. The fourth-order valence-electron chi connectivity index (χ4n) is 3.46. The fraction of sp³-hybridized carbons (Fsp3) is 0.857. The lowest BCUT2D eigenvalue weighted by Gasteiger charge is -2.40. The molecule has 2 amide bonds. The molecule has 2 atom stereocenters. The third kappa shape index (κ3) is 2.49. The van der Waals surface area contributed by atoms with Crippen LogP contribution in [0.25, 0.3) is 0 Å². The van der Waals surface area contributed by atoms with Gasteiger partial charge in [-0.2, -0.15) is 0 Å². The second-order valence-corrected chi connectivity index (χ2v) is 5.86. The summed E-state index contributed by atoms with van der Waals surface area (Å²) >= 11 is 0.